The first-order valence-corrected chi connectivity index (χ1v) is 12.8. The van der Waals surface area contributed by atoms with Crippen molar-refractivity contribution in [2.75, 3.05) is 39.3 Å². The fourth-order valence-electron chi connectivity index (χ4n) is 4.54. The number of morpholine rings is 1. The fourth-order valence-corrected chi connectivity index (χ4v) is 6.29. The average Bonchev–Trinajstić information content (AvgIpc) is 3.27. The molecule has 2 fully saturated rings. The van der Waals surface area contributed by atoms with Gasteiger partial charge >= 0.3 is 0 Å². The Labute approximate surface area is 198 Å². The number of piperazine rings is 1. The molecule has 0 N–H and O–H groups in total. The van der Waals surface area contributed by atoms with Crippen LogP contribution in [0.15, 0.2) is 47.5 Å². The Balaban J connectivity index is 1.26. The van der Waals surface area contributed by atoms with E-state index in [1.165, 1.54) is 13.3 Å². The van der Waals surface area contributed by atoms with E-state index in [2.05, 4.69) is 10.2 Å². The highest BCUT2D eigenvalue weighted by Gasteiger charge is 2.36. The van der Waals surface area contributed by atoms with Crippen molar-refractivity contribution in [2.24, 2.45) is 0 Å². The van der Waals surface area contributed by atoms with Gasteiger partial charge in [0, 0.05) is 50.9 Å². The summed E-state index contributed by atoms with van der Waals surface area (Å²) in [5.74, 6) is 0. The summed E-state index contributed by atoms with van der Waals surface area (Å²) in [6, 6.07) is 9.60. The molecule has 0 spiro atoms. The van der Waals surface area contributed by atoms with Crippen LogP contribution in [-0.4, -0.2) is 93.0 Å². The molecule has 2 atom stereocenters. The Bertz CT molecular complexity index is 1310. The maximum Gasteiger partial charge on any atom is 0.296 e. The Morgan fingerprint density at radius 1 is 1.00 bits per heavy atom. The zero-order chi connectivity index (χ0) is 23.9. The highest BCUT2D eigenvalue weighted by Crippen LogP contribution is 2.19. The van der Waals surface area contributed by atoms with Crippen LogP contribution in [0.2, 0.25) is 0 Å². The number of aromatic nitrogens is 4. The van der Waals surface area contributed by atoms with Gasteiger partial charge in [-0.25, -0.2) is 9.36 Å². The summed E-state index contributed by atoms with van der Waals surface area (Å²) in [5.41, 5.74) is 0.959. The third-order valence-corrected chi connectivity index (χ3v) is 8.21. The van der Waals surface area contributed by atoms with E-state index in [9.17, 15) is 13.2 Å². The van der Waals surface area contributed by atoms with E-state index in [0.29, 0.717) is 50.2 Å². The Morgan fingerprint density at radius 2 is 1.68 bits per heavy atom. The zero-order valence-electron chi connectivity index (χ0n) is 19.3. The predicted molar refractivity (Wildman–Crippen MR) is 127 cm³/mol. The Kier molecular flexibility index (Phi) is 6.25. The minimum atomic E-state index is -3.54. The molecular weight excluding hydrogens is 458 g/mol. The van der Waals surface area contributed by atoms with Gasteiger partial charge in [0.15, 0.2) is 5.52 Å². The molecule has 0 aliphatic carbocycles. The molecule has 1 aromatic carbocycles. The lowest BCUT2D eigenvalue weighted by Gasteiger charge is -2.40. The summed E-state index contributed by atoms with van der Waals surface area (Å²) in [6.45, 7) is 6.54. The second kappa shape index (κ2) is 9.19. The van der Waals surface area contributed by atoms with E-state index in [-0.39, 0.29) is 24.4 Å². The summed E-state index contributed by atoms with van der Waals surface area (Å²) in [7, 11) is -3.54. The van der Waals surface area contributed by atoms with Gasteiger partial charge in [-0.2, -0.15) is 27.2 Å². The first-order valence-electron chi connectivity index (χ1n) is 11.5. The lowest BCUT2D eigenvalue weighted by atomic mass is 10.3. The molecule has 2 aliphatic heterocycles. The number of fused-ring (bicyclic) bond motifs is 1. The largest absolute Gasteiger partial charge is 0.373 e. The number of para-hydroxylation sites is 1. The minimum absolute atomic E-state index is 0.127. The van der Waals surface area contributed by atoms with Crippen LogP contribution >= 0.6 is 0 Å². The van der Waals surface area contributed by atoms with E-state index < -0.39 is 10.2 Å². The van der Waals surface area contributed by atoms with E-state index in [1.54, 1.807) is 17.1 Å². The molecule has 4 heterocycles. The van der Waals surface area contributed by atoms with Crippen molar-refractivity contribution in [1.29, 1.82) is 0 Å². The van der Waals surface area contributed by atoms with Gasteiger partial charge in [-0.3, -0.25) is 9.69 Å². The van der Waals surface area contributed by atoms with Crippen LogP contribution in [0, 0.1) is 0 Å². The lowest BCUT2D eigenvalue weighted by Crippen LogP contribution is -2.57. The molecule has 0 saturated carbocycles. The van der Waals surface area contributed by atoms with E-state index >= 15 is 0 Å². The van der Waals surface area contributed by atoms with Crippen LogP contribution < -0.4 is 5.56 Å². The Morgan fingerprint density at radius 3 is 2.35 bits per heavy atom. The first kappa shape index (κ1) is 23.1. The van der Waals surface area contributed by atoms with Crippen molar-refractivity contribution in [2.45, 2.75) is 32.7 Å². The predicted octanol–water partition coefficient (Wildman–Crippen LogP) is 0.511. The fraction of sp³-hybridized carbons (Fsp3) is 0.500. The molecule has 0 radical (unpaired) electrons. The van der Waals surface area contributed by atoms with Gasteiger partial charge in [-0.15, -0.1) is 0 Å². The number of hydrogen-bond acceptors (Lipinski definition) is 7. The van der Waals surface area contributed by atoms with Crippen LogP contribution in [0.5, 0.6) is 0 Å². The average molecular weight is 488 g/mol. The summed E-state index contributed by atoms with van der Waals surface area (Å²) >= 11 is 0. The molecule has 2 aliphatic rings. The van der Waals surface area contributed by atoms with Gasteiger partial charge in [0.25, 0.3) is 15.8 Å². The maximum absolute atomic E-state index is 13.1. The van der Waals surface area contributed by atoms with E-state index in [0.717, 1.165) is 5.69 Å². The van der Waals surface area contributed by atoms with Gasteiger partial charge < -0.3 is 4.74 Å². The van der Waals surface area contributed by atoms with Crippen LogP contribution in [0.3, 0.4) is 0 Å². The van der Waals surface area contributed by atoms with E-state index in [1.807, 2.05) is 49.1 Å². The summed E-state index contributed by atoms with van der Waals surface area (Å²) < 4.78 is 38.0. The molecule has 2 unspecified atom stereocenters. The van der Waals surface area contributed by atoms with Crippen molar-refractivity contribution < 1.29 is 13.2 Å². The third kappa shape index (κ3) is 4.51. The number of rotatable bonds is 5. The SMILES string of the molecule is CC1CN(S(=O)(=O)N2CCN(Cn3ncc4cn(-c5ccccc5)nc4c3=O)CC2)CC(C)O1. The Hall–Kier alpha value is -2.64. The van der Waals surface area contributed by atoms with Crippen LogP contribution in [0.4, 0.5) is 0 Å². The highest BCUT2D eigenvalue weighted by atomic mass is 32.2. The number of ether oxygens (including phenoxy) is 1. The van der Waals surface area contributed by atoms with Crippen molar-refractivity contribution in [3.05, 3.63) is 53.1 Å². The smallest absolute Gasteiger partial charge is 0.296 e. The second-order valence-corrected chi connectivity index (χ2v) is 10.8. The molecule has 0 bridgehead atoms. The molecule has 3 aromatic rings. The molecule has 182 valence electrons. The molecule has 5 rings (SSSR count). The summed E-state index contributed by atoms with van der Waals surface area (Å²) in [4.78, 5) is 15.0. The molecule has 0 amide bonds. The maximum atomic E-state index is 13.1. The van der Waals surface area contributed by atoms with Crippen molar-refractivity contribution in [1.82, 2.24) is 33.1 Å². The van der Waals surface area contributed by atoms with Crippen molar-refractivity contribution >= 4 is 21.1 Å². The summed E-state index contributed by atoms with van der Waals surface area (Å²) in [5, 5.41) is 9.46. The van der Waals surface area contributed by atoms with Gasteiger partial charge in [-0.1, -0.05) is 18.2 Å². The van der Waals surface area contributed by atoms with Gasteiger partial charge in [-0.05, 0) is 26.0 Å². The van der Waals surface area contributed by atoms with Crippen LogP contribution in [0.25, 0.3) is 16.6 Å². The van der Waals surface area contributed by atoms with Crippen LogP contribution in [0.1, 0.15) is 13.8 Å². The second-order valence-electron chi connectivity index (χ2n) is 8.90. The number of hydrogen-bond donors (Lipinski definition) is 0. The van der Waals surface area contributed by atoms with Gasteiger partial charge in [0.2, 0.25) is 0 Å². The minimum Gasteiger partial charge on any atom is -0.373 e. The van der Waals surface area contributed by atoms with Crippen molar-refractivity contribution in [3.63, 3.8) is 0 Å². The van der Waals surface area contributed by atoms with Crippen LogP contribution in [-0.2, 0) is 21.6 Å². The molecule has 34 heavy (non-hydrogen) atoms. The molecule has 2 aromatic heterocycles. The third-order valence-electron chi connectivity index (χ3n) is 6.24. The first-order chi connectivity index (χ1) is 16.3. The topological polar surface area (TPSA) is 106 Å². The molecule has 2 saturated heterocycles. The van der Waals surface area contributed by atoms with Gasteiger partial charge in [0.1, 0.15) is 0 Å². The highest BCUT2D eigenvalue weighted by molar-refractivity contribution is 7.86. The molecular formula is C22H29N7O4S. The standard InChI is InChI=1S/C22H29N7O4S/c1-17-13-27(14-18(2)33-17)34(31,32)26-10-8-25(9-11-26)16-29-22(30)21-19(12-23-29)15-28(24-21)20-6-4-3-5-7-20/h3-7,12,15,17-18H,8-11,13-14,16H2,1-2H3. The number of nitrogens with zero attached hydrogens (tertiary/aromatic N) is 7. The lowest BCUT2D eigenvalue weighted by molar-refractivity contribution is -0.0458. The van der Waals surface area contributed by atoms with E-state index in [4.69, 9.17) is 4.74 Å². The quantitative estimate of drug-likeness (QED) is 0.516. The normalized spacial score (nSPS) is 23.5. The van der Waals surface area contributed by atoms with Crippen molar-refractivity contribution in [3.8, 4) is 5.69 Å². The molecule has 12 heteroatoms. The number of benzene rings is 1. The zero-order valence-corrected chi connectivity index (χ0v) is 20.1. The molecule has 11 nitrogen and oxygen atoms in total. The summed E-state index contributed by atoms with van der Waals surface area (Å²) in [6.07, 6.45) is 3.18. The monoisotopic (exact) mass is 487 g/mol. The van der Waals surface area contributed by atoms with Gasteiger partial charge in [0.05, 0.1) is 30.8 Å².